The van der Waals surface area contributed by atoms with Gasteiger partial charge in [0.25, 0.3) is 0 Å². The van der Waals surface area contributed by atoms with Crippen molar-refractivity contribution >= 4 is 38.6 Å². The van der Waals surface area contributed by atoms with Crippen molar-refractivity contribution in [1.82, 2.24) is 4.31 Å². The molecule has 1 heterocycles. The Morgan fingerprint density at radius 3 is 2.71 bits per heavy atom. The molecular formula is C7H12INO4S. The van der Waals surface area contributed by atoms with Crippen LogP contribution >= 0.6 is 22.6 Å². The zero-order chi connectivity index (χ0) is 10.8. The Kier molecular flexibility index (Phi) is 4.14. The number of nitrogens with zero attached hydrogens (tertiary/aromatic N) is 1. The molecule has 0 spiro atoms. The molecule has 1 atom stereocenters. The first-order valence-corrected chi connectivity index (χ1v) is 7.37. The third-order valence-electron chi connectivity index (χ3n) is 2.26. The molecule has 0 aromatic heterocycles. The summed E-state index contributed by atoms with van der Waals surface area (Å²) in [5.41, 5.74) is 0. The molecule has 1 rings (SSSR count). The van der Waals surface area contributed by atoms with Gasteiger partial charge in [-0.15, -0.1) is 0 Å². The molecule has 7 heteroatoms. The Labute approximate surface area is 96.7 Å². The number of carboxylic acid groups (broad SMARTS) is 1. The molecule has 0 aliphatic carbocycles. The fraction of sp³-hybridized carbons (Fsp3) is 0.857. The largest absolute Gasteiger partial charge is 0.481 e. The van der Waals surface area contributed by atoms with E-state index in [1.165, 1.54) is 4.31 Å². The Balaban J connectivity index is 2.70. The topological polar surface area (TPSA) is 74.7 Å². The van der Waals surface area contributed by atoms with Gasteiger partial charge in [0, 0.05) is 13.1 Å². The summed E-state index contributed by atoms with van der Waals surface area (Å²) in [5, 5.41) is 8.77. The third kappa shape index (κ3) is 2.80. The van der Waals surface area contributed by atoms with E-state index >= 15 is 0 Å². The van der Waals surface area contributed by atoms with Gasteiger partial charge < -0.3 is 5.11 Å². The van der Waals surface area contributed by atoms with Crippen LogP contribution in [0.4, 0.5) is 0 Å². The monoisotopic (exact) mass is 333 g/mol. The summed E-state index contributed by atoms with van der Waals surface area (Å²) in [6.07, 6.45) is 1.20. The van der Waals surface area contributed by atoms with Crippen LogP contribution in [0.1, 0.15) is 12.8 Å². The molecular weight excluding hydrogens is 321 g/mol. The summed E-state index contributed by atoms with van der Waals surface area (Å²) in [4.78, 5) is 10.7. The molecule has 1 N–H and O–H groups in total. The van der Waals surface area contributed by atoms with Crippen molar-refractivity contribution < 1.29 is 18.3 Å². The molecule has 0 amide bonds. The highest BCUT2D eigenvalue weighted by atomic mass is 127. The maximum Gasteiger partial charge on any atom is 0.307 e. The van der Waals surface area contributed by atoms with Crippen LogP contribution in [-0.2, 0) is 14.8 Å². The van der Waals surface area contributed by atoms with Crippen molar-refractivity contribution in [3.63, 3.8) is 0 Å². The maximum absolute atomic E-state index is 11.4. The van der Waals surface area contributed by atoms with Crippen LogP contribution < -0.4 is 0 Å². The third-order valence-corrected chi connectivity index (χ3v) is 6.02. The average molecular weight is 333 g/mol. The van der Waals surface area contributed by atoms with E-state index in [0.717, 1.165) is 0 Å². The van der Waals surface area contributed by atoms with Gasteiger partial charge in [-0.3, -0.25) is 4.79 Å². The van der Waals surface area contributed by atoms with E-state index in [2.05, 4.69) is 0 Å². The SMILES string of the molecule is O=C(O)C1CCCN(S(=O)(=O)CI)C1. The number of rotatable bonds is 3. The summed E-state index contributed by atoms with van der Waals surface area (Å²) in [6, 6.07) is 0. The molecule has 14 heavy (non-hydrogen) atoms. The summed E-state index contributed by atoms with van der Waals surface area (Å²) < 4.78 is 24.2. The van der Waals surface area contributed by atoms with Gasteiger partial charge in [0.15, 0.2) is 0 Å². The molecule has 1 aliphatic rings. The number of halogens is 1. The Bertz CT molecular complexity index is 316. The van der Waals surface area contributed by atoms with Crippen molar-refractivity contribution in [3.05, 3.63) is 0 Å². The minimum atomic E-state index is -3.23. The van der Waals surface area contributed by atoms with Crippen LogP contribution in [0.3, 0.4) is 0 Å². The summed E-state index contributed by atoms with van der Waals surface area (Å²) in [6.45, 7) is 0.579. The van der Waals surface area contributed by atoms with Gasteiger partial charge in [0.05, 0.1) is 5.92 Å². The van der Waals surface area contributed by atoms with E-state index < -0.39 is 21.9 Å². The molecule has 5 nitrogen and oxygen atoms in total. The van der Waals surface area contributed by atoms with E-state index in [4.69, 9.17) is 5.11 Å². The molecule has 0 aromatic rings. The maximum atomic E-state index is 11.4. The Hall–Kier alpha value is 0.110. The highest BCUT2D eigenvalue weighted by Gasteiger charge is 2.31. The zero-order valence-corrected chi connectivity index (χ0v) is 10.5. The number of carboxylic acids is 1. The highest BCUT2D eigenvalue weighted by molar-refractivity contribution is 14.1. The van der Waals surface area contributed by atoms with Crippen molar-refractivity contribution in [1.29, 1.82) is 0 Å². The van der Waals surface area contributed by atoms with E-state index in [0.29, 0.717) is 19.4 Å². The predicted octanol–water partition coefficient (Wildman–Crippen LogP) is 0.505. The summed E-state index contributed by atoms with van der Waals surface area (Å²) in [7, 11) is -3.23. The standard InChI is InChI=1S/C7H12INO4S/c8-5-14(12,13)9-3-1-2-6(4-9)7(10)11/h6H,1-5H2,(H,10,11). The molecule has 1 saturated heterocycles. The van der Waals surface area contributed by atoms with Crippen LogP contribution in [0.25, 0.3) is 0 Å². The number of alkyl halides is 1. The van der Waals surface area contributed by atoms with Crippen molar-refractivity contribution in [2.75, 3.05) is 16.8 Å². The first-order chi connectivity index (χ1) is 6.47. The molecule has 1 fully saturated rings. The Morgan fingerprint density at radius 2 is 2.21 bits per heavy atom. The highest BCUT2D eigenvalue weighted by Crippen LogP contribution is 2.20. The van der Waals surface area contributed by atoms with Gasteiger partial charge in [-0.25, -0.2) is 12.7 Å². The normalized spacial score (nSPS) is 24.8. The van der Waals surface area contributed by atoms with Crippen molar-refractivity contribution in [3.8, 4) is 0 Å². The fourth-order valence-electron chi connectivity index (χ4n) is 1.47. The number of aliphatic carboxylic acids is 1. The number of sulfonamides is 1. The minimum Gasteiger partial charge on any atom is -0.481 e. The van der Waals surface area contributed by atoms with Crippen molar-refractivity contribution in [2.24, 2.45) is 5.92 Å². The first-order valence-electron chi connectivity index (χ1n) is 4.24. The molecule has 1 aliphatic heterocycles. The van der Waals surface area contributed by atoms with Crippen LogP contribution in [-0.4, -0.2) is 40.6 Å². The van der Waals surface area contributed by atoms with Gasteiger partial charge in [-0.1, -0.05) is 22.6 Å². The van der Waals surface area contributed by atoms with Gasteiger partial charge in [-0.05, 0) is 12.8 Å². The number of carbonyl (C=O) groups is 1. The van der Waals surface area contributed by atoms with Crippen molar-refractivity contribution in [2.45, 2.75) is 12.8 Å². The number of hydrogen-bond acceptors (Lipinski definition) is 3. The van der Waals surface area contributed by atoms with Crippen LogP contribution in [0, 0.1) is 5.92 Å². The molecule has 0 radical (unpaired) electrons. The quantitative estimate of drug-likeness (QED) is 0.603. The molecule has 0 saturated carbocycles. The number of piperidine rings is 1. The predicted molar refractivity (Wildman–Crippen MR) is 59.7 cm³/mol. The second-order valence-electron chi connectivity index (χ2n) is 3.26. The van der Waals surface area contributed by atoms with Gasteiger partial charge >= 0.3 is 5.97 Å². The lowest BCUT2D eigenvalue weighted by atomic mass is 10.0. The second kappa shape index (κ2) is 4.75. The zero-order valence-electron chi connectivity index (χ0n) is 7.52. The van der Waals surface area contributed by atoms with Gasteiger partial charge in [0.2, 0.25) is 10.0 Å². The Morgan fingerprint density at radius 1 is 1.57 bits per heavy atom. The van der Waals surface area contributed by atoms with Crippen LogP contribution in [0.15, 0.2) is 0 Å². The fourth-order valence-corrected chi connectivity index (χ4v) is 3.60. The van der Waals surface area contributed by atoms with E-state index in [1.54, 1.807) is 22.6 Å². The molecule has 82 valence electrons. The smallest absolute Gasteiger partial charge is 0.307 e. The molecule has 0 aromatic carbocycles. The lowest BCUT2D eigenvalue weighted by molar-refractivity contribution is -0.142. The lowest BCUT2D eigenvalue weighted by Gasteiger charge is -2.29. The average Bonchev–Trinajstić information content (AvgIpc) is 2.18. The van der Waals surface area contributed by atoms with Gasteiger partial charge in [0.1, 0.15) is 3.76 Å². The lowest BCUT2D eigenvalue weighted by Crippen LogP contribution is -2.42. The van der Waals surface area contributed by atoms with Crippen LogP contribution in [0.5, 0.6) is 0 Å². The minimum absolute atomic E-state index is 0.0110. The van der Waals surface area contributed by atoms with Crippen LogP contribution in [0.2, 0.25) is 0 Å². The van der Waals surface area contributed by atoms with E-state index in [-0.39, 0.29) is 10.3 Å². The summed E-state index contributed by atoms with van der Waals surface area (Å²) >= 11 is 1.78. The second-order valence-corrected chi connectivity index (χ2v) is 7.02. The first kappa shape index (κ1) is 12.2. The van der Waals surface area contributed by atoms with E-state index in [1.807, 2.05) is 0 Å². The summed E-state index contributed by atoms with van der Waals surface area (Å²) in [5.74, 6) is -1.44. The molecule has 1 unspecified atom stereocenters. The number of hydrogen-bond donors (Lipinski definition) is 1. The van der Waals surface area contributed by atoms with E-state index in [9.17, 15) is 13.2 Å². The van der Waals surface area contributed by atoms with Gasteiger partial charge in [-0.2, -0.15) is 0 Å². The molecule has 0 bridgehead atoms.